The van der Waals surface area contributed by atoms with E-state index in [-0.39, 0.29) is 61.6 Å². The minimum absolute atomic E-state index is 0.0637. The molecule has 1 aromatic heterocycles. The van der Waals surface area contributed by atoms with E-state index in [2.05, 4.69) is 27.5 Å². The number of aromatic nitrogens is 1. The molecule has 16 heteroatoms. The Hall–Kier alpha value is -5.15. The van der Waals surface area contributed by atoms with Gasteiger partial charge in [-0.15, -0.1) is 0 Å². The van der Waals surface area contributed by atoms with Crippen LogP contribution in [0.1, 0.15) is 69.6 Å². The van der Waals surface area contributed by atoms with Gasteiger partial charge in [-0.1, -0.05) is 24.8 Å². The predicted octanol–water partition coefficient (Wildman–Crippen LogP) is -0.613. The highest BCUT2D eigenvalue weighted by molar-refractivity contribution is 6.62. The van der Waals surface area contributed by atoms with Crippen LogP contribution in [0.3, 0.4) is 0 Å². The second kappa shape index (κ2) is 14.8. The first kappa shape index (κ1) is 34.7. The number of hydrogen-bond donors (Lipinski definition) is 5. The molecule has 3 aliphatic heterocycles. The second-order valence-electron chi connectivity index (χ2n) is 12.5. The summed E-state index contributed by atoms with van der Waals surface area (Å²) in [6.07, 6.45) is 3.11. The van der Waals surface area contributed by atoms with Gasteiger partial charge in [-0.3, -0.25) is 33.9 Å². The summed E-state index contributed by atoms with van der Waals surface area (Å²) in [5.41, 5.74) is 3.83. The monoisotopic (exact) mass is 679 g/mol. The zero-order chi connectivity index (χ0) is 35.5. The largest absolute Gasteiger partial charge is 0.491 e. The number of ketones is 1. The molecule has 4 amide bonds. The van der Waals surface area contributed by atoms with Crippen LogP contribution in [0.2, 0.25) is 0 Å². The van der Waals surface area contributed by atoms with E-state index in [0.717, 1.165) is 16.0 Å². The van der Waals surface area contributed by atoms with E-state index in [1.807, 2.05) is 0 Å². The maximum Gasteiger partial charge on any atom is 0.491 e. The molecule has 0 spiro atoms. The van der Waals surface area contributed by atoms with Gasteiger partial charge in [0.15, 0.2) is 5.78 Å². The summed E-state index contributed by atoms with van der Waals surface area (Å²) < 4.78 is 10.5. The molecule has 5 N–H and O–H groups in total. The zero-order valence-electron chi connectivity index (χ0n) is 27.3. The first-order valence-electron chi connectivity index (χ1n) is 16.2. The molecule has 1 saturated heterocycles. The van der Waals surface area contributed by atoms with Crippen LogP contribution >= 0.6 is 0 Å². The van der Waals surface area contributed by atoms with Gasteiger partial charge in [-0.25, -0.2) is 0 Å². The van der Waals surface area contributed by atoms with E-state index >= 15 is 0 Å². The third-order valence-electron chi connectivity index (χ3n) is 9.03. The van der Waals surface area contributed by atoms with E-state index in [0.29, 0.717) is 16.5 Å². The van der Waals surface area contributed by atoms with Crippen molar-refractivity contribution in [1.29, 1.82) is 0 Å². The Morgan fingerprint density at radius 1 is 0.900 bits per heavy atom. The van der Waals surface area contributed by atoms with Gasteiger partial charge in [0.05, 0.1) is 37.9 Å². The molecule has 1 fully saturated rings. The number of carbonyl (C=O) groups excluding carboxylic acids is 5. The quantitative estimate of drug-likeness (QED) is 0.114. The first-order chi connectivity index (χ1) is 24.0. The molecule has 3 aliphatic rings. The van der Waals surface area contributed by atoms with Crippen molar-refractivity contribution in [3.05, 3.63) is 101 Å². The normalized spacial score (nSPS) is 16.8. The fourth-order valence-corrected chi connectivity index (χ4v) is 6.24. The zero-order valence-corrected chi connectivity index (χ0v) is 27.3. The maximum atomic E-state index is 13.7. The van der Waals surface area contributed by atoms with Crippen LogP contribution in [0, 0.1) is 0 Å². The molecule has 3 unspecified atom stereocenters. The molecular formula is C34H35B2N5O9. The molecule has 50 heavy (non-hydrogen) atoms. The molecule has 6 rings (SSSR count). The van der Waals surface area contributed by atoms with E-state index in [9.17, 15) is 34.0 Å². The average molecular weight is 679 g/mol. The number of nitrogens with zero attached hydrogens (tertiary/aromatic N) is 2. The van der Waals surface area contributed by atoms with Crippen molar-refractivity contribution in [2.45, 2.75) is 57.5 Å². The standard InChI is InChI=1S/C34H35B2N5O9/c1-19(38-29(23-4-3-11-37-15-23)14-26(42)16-41-30(43)9-10-31(41)44)32(40-34(46)22-6-8-25-18-50-36(48)28(25)13-22)20(2)39-33(45)21-5-7-24-17-49-35(47)27(24)12-21/h3-8,11-13,15,20,29,32,38,47-48H,1,9-10,14,16-18H2,2H3,(H,39,45)(H,40,46). The van der Waals surface area contributed by atoms with Crippen molar-refractivity contribution in [3.63, 3.8) is 0 Å². The van der Waals surface area contributed by atoms with Gasteiger partial charge < -0.3 is 35.3 Å². The van der Waals surface area contributed by atoms with Gasteiger partial charge in [0.1, 0.15) is 0 Å². The van der Waals surface area contributed by atoms with E-state index in [4.69, 9.17) is 9.31 Å². The third kappa shape index (κ3) is 7.53. The predicted molar refractivity (Wildman–Crippen MR) is 181 cm³/mol. The Kier molecular flexibility index (Phi) is 10.2. The number of hydrogen-bond acceptors (Lipinski definition) is 11. The number of amides is 4. The number of rotatable bonds is 13. The number of fused-ring (bicyclic) bond motifs is 2. The molecular weight excluding hydrogens is 644 g/mol. The lowest BCUT2D eigenvalue weighted by atomic mass is 9.78. The number of Topliss-reactive ketones (excluding diaryl/α,β-unsaturated/α-hetero) is 1. The highest BCUT2D eigenvalue weighted by Crippen LogP contribution is 2.22. The molecule has 0 bridgehead atoms. The van der Waals surface area contributed by atoms with Crippen LogP contribution in [0.5, 0.6) is 0 Å². The smallest absolute Gasteiger partial charge is 0.423 e. The van der Waals surface area contributed by atoms with Crippen molar-refractivity contribution >= 4 is 54.6 Å². The van der Waals surface area contributed by atoms with Gasteiger partial charge in [-0.2, -0.15) is 0 Å². The first-order valence-corrected chi connectivity index (χ1v) is 16.2. The van der Waals surface area contributed by atoms with Crippen molar-refractivity contribution < 1.29 is 43.3 Å². The van der Waals surface area contributed by atoms with Gasteiger partial charge in [0, 0.05) is 48.5 Å². The third-order valence-corrected chi connectivity index (χ3v) is 9.03. The van der Waals surface area contributed by atoms with E-state index in [1.54, 1.807) is 61.8 Å². The van der Waals surface area contributed by atoms with Gasteiger partial charge >= 0.3 is 14.2 Å². The molecule has 3 aromatic rings. The summed E-state index contributed by atoms with van der Waals surface area (Å²) in [7, 11) is -2.31. The highest BCUT2D eigenvalue weighted by Gasteiger charge is 2.34. The fourth-order valence-electron chi connectivity index (χ4n) is 6.24. The lowest BCUT2D eigenvalue weighted by Gasteiger charge is -2.31. The summed E-state index contributed by atoms with van der Waals surface area (Å²) in [5, 5.41) is 29.4. The summed E-state index contributed by atoms with van der Waals surface area (Å²) >= 11 is 0. The Labute approximate surface area is 288 Å². The van der Waals surface area contributed by atoms with Gasteiger partial charge in [0.25, 0.3) is 11.8 Å². The van der Waals surface area contributed by atoms with Crippen LogP contribution in [0.4, 0.5) is 0 Å². The lowest BCUT2D eigenvalue weighted by molar-refractivity contribution is -0.142. The molecule has 3 atom stereocenters. The Bertz CT molecular complexity index is 1840. The fraction of sp³-hybridized carbons (Fsp3) is 0.294. The van der Waals surface area contributed by atoms with Crippen molar-refractivity contribution in [3.8, 4) is 0 Å². The molecule has 0 aliphatic carbocycles. The number of likely N-dealkylation sites (tertiary alicyclic amines) is 1. The topological polar surface area (TPSA) is 196 Å². The molecule has 0 saturated carbocycles. The summed E-state index contributed by atoms with van der Waals surface area (Å²) in [6, 6.07) is 10.7. The molecule has 14 nitrogen and oxygen atoms in total. The minimum Gasteiger partial charge on any atom is -0.423 e. The van der Waals surface area contributed by atoms with E-state index < -0.39 is 56.0 Å². The average Bonchev–Trinajstić information content (AvgIpc) is 3.78. The van der Waals surface area contributed by atoms with Crippen molar-refractivity contribution in [2.75, 3.05) is 6.54 Å². The van der Waals surface area contributed by atoms with Crippen LogP contribution in [0.25, 0.3) is 0 Å². The number of pyridine rings is 1. The van der Waals surface area contributed by atoms with Crippen LogP contribution in [-0.4, -0.2) is 82.2 Å². The number of benzene rings is 2. The van der Waals surface area contributed by atoms with Crippen molar-refractivity contribution in [2.24, 2.45) is 0 Å². The Morgan fingerprint density at radius 3 is 2.04 bits per heavy atom. The number of carbonyl (C=O) groups is 5. The SMILES string of the molecule is C=C(NC(CC(=O)CN1C(=O)CCC1=O)c1cccnc1)C(NC(=O)c1ccc2c(c1)B(O)OC2)C(C)NC(=O)c1ccc2c(c1)B(O)OC2. The molecule has 2 aromatic carbocycles. The summed E-state index contributed by atoms with van der Waals surface area (Å²) in [6.45, 7) is 5.94. The minimum atomic E-state index is -1.16. The molecule has 4 heterocycles. The molecule has 0 radical (unpaired) electrons. The lowest BCUT2D eigenvalue weighted by Crippen LogP contribution is -2.53. The second-order valence-corrected chi connectivity index (χ2v) is 12.5. The number of nitrogens with one attached hydrogen (secondary N) is 3. The summed E-state index contributed by atoms with van der Waals surface area (Å²) in [5.74, 6) is -2.20. The maximum absolute atomic E-state index is 13.7. The highest BCUT2D eigenvalue weighted by atomic mass is 16.5. The van der Waals surface area contributed by atoms with Gasteiger partial charge in [-0.05, 0) is 64.9 Å². The number of imide groups is 1. The van der Waals surface area contributed by atoms with Crippen LogP contribution < -0.4 is 26.9 Å². The van der Waals surface area contributed by atoms with E-state index in [1.165, 1.54) is 6.07 Å². The Balaban J connectivity index is 1.24. The van der Waals surface area contributed by atoms with Crippen molar-refractivity contribution in [1.82, 2.24) is 25.8 Å². The Morgan fingerprint density at radius 2 is 1.48 bits per heavy atom. The molecule has 256 valence electrons. The van der Waals surface area contributed by atoms with Gasteiger partial charge in [0.2, 0.25) is 11.8 Å². The van der Waals surface area contributed by atoms with Crippen LogP contribution in [0.15, 0.2) is 73.2 Å². The van der Waals surface area contributed by atoms with Crippen LogP contribution in [-0.2, 0) is 36.9 Å². The summed E-state index contributed by atoms with van der Waals surface area (Å²) in [4.78, 5) is 69.9.